The number of halogens is 3. The molecule has 0 radical (unpaired) electrons. The van der Waals surface area contributed by atoms with Crippen molar-refractivity contribution in [2.24, 2.45) is 4.99 Å². The molecule has 1 unspecified atom stereocenters. The molecule has 190 valence electrons. The van der Waals surface area contributed by atoms with E-state index in [-0.39, 0.29) is 32.5 Å². The maximum atomic E-state index is 15.5. The number of amidine groups is 1. The maximum absolute atomic E-state index is 15.5. The maximum Gasteiger partial charge on any atom is 0.157 e. The number of methoxy groups -OCH3 is 1. The van der Waals surface area contributed by atoms with Crippen molar-refractivity contribution in [1.82, 2.24) is 15.8 Å². The van der Waals surface area contributed by atoms with Crippen LogP contribution in [0, 0.1) is 11.6 Å². The number of aromatic nitrogens is 1. The fourth-order valence-electron chi connectivity index (χ4n) is 3.23. The fourth-order valence-corrected chi connectivity index (χ4v) is 4.80. The number of nitrogens with one attached hydrogen (secondary N) is 3. The van der Waals surface area contributed by atoms with Gasteiger partial charge in [0.25, 0.3) is 0 Å². The second-order valence-electron chi connectivity index (χ2n) is 7.72. The largest absolute Gasteiger partial charge is 0.496 e. The molecule has 2 heterocycles. The number of nitrogens with zero attached hydrogens (tertiary/aromatic N) is 2. The summed E-state index contributed by atoms with van der Waals surface area (Å²) in [5.41, 5.74) is 6.76. The molecule has 1 aromatic carbocycles. The number of rotatable bonds is 8. The summed E-state index contributed by atoms with van der Waals surface area (Å²) in [7, 11) is -2.07. The molecule has 1 aromatic heterocycles. The van der Waals surface area contributed by atoms with Crippen molar-refractivity contribution in [3.63, 3.8) is 0 Å². The molecule has 11 heteroatoms. The summed E-state index contributed by atoms with van der Waals surface area (Å²) in [6.07, 6.45) is 4.28. The van der Waals surface area contributed by atoms with Gasteiger partial charge in [-0.2, -0.15) is 0 Å². The summed E-state index contributed by atoms with van der Waals surface area (Å²) >= 11 is 6.07. The third kappa shape index (κ3) is 5.77. The number of ether oxygens (including phenoxy) is 1. The molecule has 1 atom stereocenters. The number of aliphatic imine (C=N–C) groups is 1. The predicted octanol–water partition coefficient (Wildman–Crippen LogP) is 5.47. The monoisotopic (exact) mass is 533 g/mol. The number of hydrazine groups is 1. The highest BCUT2D eigenvalue weighted by Crippen LogP contribution is 2.33. The topological polar surface area (TPSA) is 87.6 Å². The Kier molecular flexibility index (Phi) is 8.21. The molecule has 0 amide bonds. The van der Waals surface area contributed by atoms with Gasteiger partial charge < -0.3 is 9.46 Å². The molecule has 3 rings (SSSR count). The molecular formula is C25H26ClF2N5O2S. The molecule has 0 fully saturated rings. The van der Waals surface area contributed by atoms with Gasteiger partial charge in [-0.25, -0.2) is 18.0 Å². The van der Waals surface area contributed by atoms with Gasteiger partial charge in [0.15, 0.2) is 11.6 Å². The highest BCUT2D eigenvalue weighted by Gasteiger charge is 2.22. The van der Waals surface area contributed by atoms with E-state index in [1.54, 1.807) is 32.1 Å². The van der Waals surface area contributed by atoms with Crippen molar-refractivity contribution in [3.05, 3.63) is 88.0 Å². The minimum Gasteiger partial charge on any atom is -0.496 e. The van der Waals surface area contributed by atoms with Crippen LogP contribution in [0.15, 0.2) is 75.7 Å². The first-order valence-corrected chi connectivity index (χ1v) is 12.7. The van der Waals surface area contributed by atoms with Crippen LogP contribution in [0.1, 0.15) is 26.5 Å². The smallest absolute Gasteiger partial charge is 0.157 e. The number of hydrogen-bond donors (Lipinski definition) is 3. The number of allylic oxidation sites excluding steroid dienone is 4. The van der Waals surface area contributed by atoms with Gasteiger partial charge in [-0.05, 0) is 50.9 Å². The van der Waals surface area contributed by atoms with E-state index < -0.39 is 21.3 Å². The number of anilines is 1. The van der Waals surface area contributed by atoms with E-state index in [2.05, 4.69) is 38.0 Å². The fraction of sp³-hybridized carbons (Fsp3) is 0.160. The van der Waals surface area contributed by atoms with Gasteiger partial charge in [-0.1, -0.05) is 30.3 Å². The Balaban J connectivity index is 2.00. The second-order valence-corrected chi connectivity index (χ2v) is 10.2. The molecule has 3 N–H and O–H groups in total. The van der Waals surface area contributed by atoms with Crippen LogP contribution in [-0.2, 0) is 14.4 Å². The first-order chi connectivity index (χ1) is 17.0. The first kappa shape index (κ1) is 27.0. The highest BCUT2D eigenvalue weighted by atomic mass is 35.5. The molecule has 1 aliphatic rings. The van der Waals surface area contributed by atoms with Crippen molar-refractivity contribution in [2.45, 2.75) is 20.8 Å². The summed E-state index contributed by atoms with van der Waals surface area (Å²) in [4.78, 5) is 8.68. The van der Waals surface area contributed by atoms with Gasteiger partial charge in [0.2, 0.25) is 0 Å². The predicted molar refractivity (Wildman–Crippen MR) is 144 cm³/mol. The van der Waals surface area contributed by atoms with Crippen molar-refractivity contribution in [3.8, 4) is 11.1 Å². The molecule has 1 aliphatic heterocycles. The Morgan fingerprint density at radius 3 is 2.53 bits per heavy atom. The minimum atomic E-state index is -3.41. The molecule has 7 nitrogen and oxygen atoms in total. The molecule has 0 saturated heterocycles. The molecule has 0 bridgehead atoms. The van der Waals surface area contributed by atoms with E-state index in [0.29, 0.717) is 17.4 Å². The third-order valence-electron chi connectivity index (χ3n) is 5.22. The van der Waals surface area contributed by atoms with E-state index >= 15 is 4.39 Å². The van der Waals surface area contributed by atoms with E-state index in [1.807, 2.05) is 6.92 Å². The van der Waals surface area contributed by atoms with Crippen LogP contribution in [0.2, 0.25) is 0 Å². The lowest BCUT2D eigenvalue weighted by Gasteiger charge is -2.19. The van der Waals surface area contributed by atoms with Crippen LogP contribution in [0.5, 0.6) is 0 Å². The highest BCUT2D eigenvalue weighted by molar-refractivity contribution is 8.05. The van der Waals surface area contributed by atoms with Gasteiger partial charge in [0.1, 0.15) is 17.4 Å². The van der Waals surface area contributed by atoms with Crippen molar-refractivity contribution in [1.29, 1.82) is 0 Å². The quantitative estimate of drug-likeness (QED) is 0.238. The van der Waals surface area contributed by atoms with Crippen LogP contribution in [-0.4, -0.2) is 28.0 Å². The molecule has 2 aromatic rings. The lowest BCUT2D eigenvalue weighted by Crippen LogP contribution is -2.27. The van der Waals surface area contributed by atoms with E-state index in [0.717, 1.165) is 17.7 Å². The summed E-state index contributed by atoms with van der Waals surface area (Å²) in [6.45, 7) is 9.02. The number of hydrogen-bond acceptors (Lipinski definition) is 6. The van der Waals surface area contributed by atoms with Crippen molar-refractivity contribution in [2.75, 3.05) is 11.8 Å². The van der Waals surface area contributed by atoms with Gasteiger partial charge >= 0.3 is 0 Å². The summed E-state index contributed by atoms with van der Waals surface area (Å²) in [6, 6.07) is 5.38. The molecule has 0 spiro atoms. The Bertz CT molecular complexity index is 1430. The van der Waals surface area contributed by atoms with Crippen LogP contribution < -0.4 is 15.6 Å². The number of pyridine rings is 1. The van der Waals surface area contributed by atoms with E-state index in [9.17, 15) is 8.60 Å². The molecular weight excluding hydrogens is 508 g/mol. The Morgan fingerprint density at radius 1 is 1.25 bits per heavy atom. The standard InChI is InChI=1S/C25H26ClF2N5O2S/c1-7-18(26)12-22(15(3)35-5)36(6,34)33-21-11-9-19(27)23(24(21)28)17-8-10-20(29-13-17)14(2)25-30-16(4)31-32-25/h7-13,32H,3,6H2,1-2,4-5H3,(H,30,31)(H,33,34)/b18-7+,22-12+,25-14-. The van der Waals surface area contributed by atoms with E-state index in [1.165, 1.54) is 19.4 Å². The van der Waals surface area contributed by atoms with E-state index in [4.69, 9.17) is 16.3 Å². The Labute approximate surface area is 214 Å². The summed E-state index contributed by atoms with van der Waals surface area (Å²) in [5.74, 6) is 3.24. The molecule has 0 saturated carbocycles. The van der Waals surface area contributed by atoms with Crippen LogP contribution in [0.3, 0.4) is 0 Å². The van der Waals surface area contributed by atoms with Gasteiger partial charge in [0, 0.05) is 22.4 Å². The van der Waals surface area contributed by atoms with Crippen LogP contribution >= 0.6 is 11.6 Å². The average molecular weight is 534 g/mol. The average Bonchev–Trinajstić information content (AvgIpc) is 3.29. The summed E-state index contributed by atoms with van der Waals surface area (Å²) < 4.78 is 51.4. The van der Waals surface area contributed by atoms with Crippen molar-refractivity contribution < 1.29 is 17.7 Å². The Hall–Kier alpha value is -3.63. The zero-order valence-electron chi connectivity index (χ0n) is 20.2. The minimum absolute atomic E-state index is 0.0285. The van der Waals surface area contributed by atoms with Crippen LogP contribution in [0.4, 0.5) is 14.5 Å². The van der Waals surface area contributed by atoms with Crippen LogP contribution in [0.25, 0.3) is 16.7 Å². The SMILES string of the molecule is C=C(OC)/C(=C\C(Cl)=C/C)S(=C)(=O)Nc1ccc(F)c(-c2ccc(/C(C)=C3/N=C(C)NN3)nc2)c1F. The lowest BCUT2D eigenvalue weighted by molar-refractivity contribution is 0.306. The first-order valence-electron chi connectivity index (χ1n) is 10.6. The number of benzene rings is 1. The zero-order valence-corrected chi connectivity index (χ0v) is 21.8. The molecule has 0 aliphatic carbocycles. The van der Waals surface area contributed by atoms with Crippen molar-refractivity contribution >= 4 is 44.3 Å². The second kappa shape index (κ2) is 11.0. The lowest BCUT2D eigenvalue weighted by atomic mass is 10.0. The van der Waals surface area contributed by atoms with Gasteiger partial charge in [-0.3, -0.25) is 15.8 Å². The third-order valence-corrected chi connectivity index (χ3v) is 7.15. The van der Waals surface area contributed by atoms with Gasteiger partial charge in [-0.15, -0.1) is 0 Å². The Morgan fingerprint density at radius 2 is 1.97 bits per heavy atom. The zero-order chi connectivity index (χ0) is 26.6. The normalized spacial score (nSPS) is 16.9. The molecule has 36 heavy (non-hydrogen) atoms. The summed E-state index contributed by atoms with van der Waals surface area (Å²) in [5, 5.41) is 0.252. The van der Waals surface area contributed by atoms with Gasteiger partial charge in [0.05, 0.1) is 38.7 Å².